The van der Waals surface area contributed by atoms with Gasteiger partial charge in [0.25, 0.3) is 0 Å². The predicted molar refractivity (Wildman–Crippen MR) is 58.2 cm³/mol. The summed E-state index contributed by atoms with van der Waals surface area (Å²) in [5, 5.41) is 0. The molecule has 1 fully saturated rings. The smallest absolute Gasteiger partial charge is 0.244 e. The van der Waals surface area contributed by atoms with Crippen molar-refractivity contribution < 1.29 is 13.2 Å². The summed E-state index contributed by atoms with van der Waals surface area (Å²) in [7, 11) is -3.59. The summed E-state index contributed by atoms with van der Waals surface area (Å²) >= 11 is 0. The van der Waals surface area contributed by atoms with Crippen molar-refractivity contribution in [3.05, 3.63) is 18.5 Å². The number of hydrogen-bond acceptors (Lipinski definition) is 5. The van der Waals surface area contributed by atoms with Crippen LogP contribution in [0.2, 0.25) is 0 Å². The molecule has 0 aromatic carbocycles. The number of hydrogen-bond donors (Lipinski definition) is 2. The average Bonchev–Trinajstić information content (AvgIpc) is 2.70. The lowest BCUT2D eigenvalue weighted by Crippen LogP contribution is -2.35. The molecule has 0 bridgehead atoms. The van der Waals surface area contributed by atoms with Crippen LogP contribution in [0.5, 0.6) is 0 Å². The van der Waals surface area contributed by atoms with Gasteiger partial charge in [-0.05, 0) is 12.5 Å². The van der Waals surface area contributed by atoms with Crippen LogP contribution < -0.4 is 10.5 Å². The summed E-state index contributed by atoms with van der Waals surface area (Å²) in [4.78, 5) is 3.77. The van der Waals surface area contributed by atoms with Crippen LogP contribution in [0.3, 0.4) is 0 Å². The van der Waals surface area contributed by atoms with Crippen LogP contribution in [0.15, 0.2) is 23.4 Å². The Labute approximate surface area is 93.9 Å². The highest BCUT2D eigenvalue weighted by atomic mass is 32.2. The third-order valence-corrected chi connectivity index (χ3v) is 3.92. The summed E-state index contributed by atoms with van der Waals surface area (Å²) in [6.07, 6.45) is 3.37. The van der Waals surface area contributed by atoms with Crippen LogP contribution in [-0.4, -0.2) is 32.7 Å². The van der Waals surface area contributed by atoms with Gasteiger partial charge in [0.05, 0.1) is 12.3 Å². The van der Waals surface area contributed by atoms with E-state index < -0.39 is 10.0 Å². The van der Waals surface area contributed by atoms with Gasteiger partial charge in [0.15, 0.2) is 0 Å². The van der Waals surface area contributed by atoms with Crippen LogP contribution in [0.1, 0.15) is 6.42 Å². The van der Waals surface area contributed by atoms with Crippen molar-refractivity contribution in [2.45, 2.75) is 17.4 Å². The average molecular weight is 243 g/mol. The second kappa shape index (κ2) is 4.36. The molecule has 1 atom stereocenters. The van der Waals surface area contributed by atoms with E-state index in [1.807, 2.05) is 0 Å². The van der Waals surface area contributed by atoms with Crippen molar-refractivity contribution >= 4 is 15.7 Å². The Kier molecular flexibility index (Phi) is 3.08. The highest BCUT2D eigenvalue weighted by Crippen LogP contribution is 2.17. The number of nitrogen functional groups attached to an aromatic ring is 1. The molecule has 1 aromatic heterocycles. The van der Waals surface area contributed by atoms with Crippen LogP contribution in [-0.2, 0) is 14.8 Å². The molecular formula is C9H13N3O3S. The van der Waals surface area contributed by atoms with Gasteiger partial charge in [-0.3, -0.25) is 4.98 Å². The molecular weight excluding hydrogens is 230 g/mol. The Morgan fingerprint density at radius 1 is 1.56 bits per heavy atom. The van der Waals surface area contributed by atoms with Gasteiger partial charge >= 0.3 is 0 Å². The van der Waals surface area contributed by atoms with E-state index in [0.717, 1.165) is 0 Å². The molecule has 1 aliphatic rings. The summed E-state index contributed by atoms with van der Waals surface area (Å²) < 4.78 is 31.5. The zero-order valence-electron chi connectivity index (χ0n) is 8.59. The Morgan fingerprint density at radius 3 is 3.00 bits per heavy atom. The first-order valence-corrected chi connectivity index (χ1v) is 6.37. The van der Waals surface area contributed by atoms with Crippen molar-refractivity contribution in [3.8, 4) is 0 Å². The van der Waals surface area contributed by atoms with E-state index in [0.29, 0.717) is 19.6 Å². The minimum absolute atomic E-state index is 0.0156. The van der Waals surface area contributed by atoms with E-state index in [2.05, 4.69) is 9.71 Å². The zero-order chi connectivity index (χ0) is 11.6. The van der Waals surface area contributed by atoms with E-state index in [1.165, 1.54) is 18.5 Å². The highest BCUT2D eigenvalue weighted by molar-refractivity contribution is 7.89. The molecule has 1 saturated heterocycles. The Balaban J connectivity index is 2.21. The number of nitrogens with two attached hydrogens (primary N) is 1. The van der Waals surface area contributed by atoms with Crippen molar-refractivity contribution in [1.29, 1.82) is 0 Å². The molecule has 7 heteroatoms. The SMILES string of the molecule is Nc1ccncc1S(=O)(=O)NC1CCOC1. The van der Waals surface area contributed by atoms with Crippen molar-refractivity contribution in [1.82, 2.24) is 9.71 Å². The molecule has 16 heavy (non-hydrogen) atoms. The summed E-state index contributed by atoms with van der Waals surface area (Å²) in [6, 6.07) is 1.28. The third kappa shape index (κ3) is 2.31. The monoisotopic (exact) mass is 243 g/mol. The fourth-order valence-electron chi connectivity index (χ4n) is 1.53. The molecule has 0 amide bonds. The van der Waals surface area contributed by atoms with Gasteiger partial charge in [0, 0.05) is 25.0 Å². The highest BCUT2D eigenvalue weighted by Gasteiger charge is 2.24. The van der Waals surface area contributed by atoms with Gasteiger partial charge < -0.3 is 10.5 Å². The molecule has 88 valence electrons. The van der Waals surface area contributed by atoms with Crippen LogP contribution in [0.4, 0.5) is 5.69 Å². The Bertz CT molecular complexity index is 469. The maximum absolute atomic E-state index is 11.9. The first kappa shape index (κ1) is 11.3. The molecule has 3 N–H and O–H groups in total. The van der Waals surface area contributed by atoms with Crippen LogP contribution in [0.25, 0.3) is 0 Å². The van der Waals surface area contributed by atoms with Gasteiger partial charge in [-0.15, -0.1) is 0 Å². The van der Waals surface area contributed by atoms with E-state index in [9.17, 15) is 8.42 Å². The lowest BCUT2D eigenvalue weighted by Gasteiger charge is -2.12. The Hall–Kier alpha value is -1.18. The quantitative estimate of drug-likeness (QED) is 0.762. The van der Waals surface area contributed by atoms with Gasteiger partial charge in [-0.1, -0.05) is 0 Å². The summed E-state index contributed by atoms with van der Waals surface area (Å²) in [5.74, 6) is 0. The predicted octanol–water partition coefficient (Wildman–Crippen LogP) is -0.269. The molecule has 1 aromatic rings. The second-order valence-corrected chi connectivity index (χ2v) is 5.28. The molecule has 2 heterocycles. The lowest BCUT2D eigenvalue weighted by molar-refractivity contribution is 0.192. The topological polar surface area (TPSA) is 94.3 Å². The van der Waals surface area contributed by atoms with Gasteiger partial charge in [0.1, 0.15) is 4.90 Å². The van der Waals surface area contributed by atoms with Crippen molar-refractivity contribution in [2.24, 2.45) is 0 Å². The van der Waals surface area contributed by atoms with Crippen molar-refractivity contribution in [2.75, 3.05) is 18.9 Å². The fourth-order valence-corrected chi connectivity index (χ4v) is 2.86. The number of rotatable bonds is 3. The van der Waals surface area contributed by atoms with Crippen LogP contribution >= 0.6 is 0 Å². The number of nitrogens with zero attached hydrogens (tertiary/aromatic N) is 1. The third-order valence-electron chi connectivity index (χ3n) is 2.36. The van der Waals surface area contributed by atoms with E-state index in [4.69, 9.17) is 10.5 Å². The van der Waals surface area contributed by atoms with Crippen LogP contribution in [0, 0.1) is 0 Å². The molecule has 1 aliphatic heterocycles. The fraction of sp³-hybridized carbons (Fsp3) is 0.444. The first-order valence-electron chi connectivity index (χ1n) is 4.89. The maximum atomic E-state index is 11.9. The molecule has 0 radical (unpaired) electrons. The number of ether oxygens (including phenoxy) is 1. The molecule has 1 unspecified atom stereocenters. The number of sulfonamides is 1. The minimum atomic E-state index is -3.59. The molecule has 0 saturated carbocycles. The molecule has 0 spiro atoms. The van der Waals surface area contributed by atoms with Gasteiger partial charge in [0.2, 0.25) is 10.0 Å². The van der Waals surface area contributed by atoms with E-state index in [-0.39, 0.29) is 16.6 Å². The minimum Gasteiger partial charge on any atom is -0.398 e. The van der Waals surface area contributed by atoms with Crippen molar-refractivity contribution in [3.63, 3.8) is 0 Å². The number of nitrogens with one attached hydrogen (secondary N) is 1. The molecule has 2 rings (SSSR count). The number of anilines is 1. The van der Waals surface area contributed by atoms with E-state index >= 15 is 0 Å². The largest absolute Gasteiger partial charge is 0.398 e. The normalized spacial score (nSPS) is 21.1. The molecule has 6 nitrogen and oxygen atoms in total. The first-order chi connectivity index (χ1) is 7.59. The standard InChI is InChI=1S/C9H13N3O3S/c10-8-1-3-11-5-9(8)16(13,14)12-7-2-4-15-6-7/h1,3,5,7,12H,2,4,6H2,(H2,10,11). The number of pyridine rings is 1. The lowest BCUT2D eigenvalue weighted by atomic mass is 10.3. The Morgan fingerprint density at radius 2 is 2.38 bits per heavy atom. The summed E-state index contributed by atoms with van der Waals surface area (Å²) in [5.41, 5.74) is 5.79. The molecule has 0 aliphatic carbocycles. The summed E-state index contributed by atoms with van der Waals surface area (Å²) in [6.45, 7) is 0.981. The van der Waals surface area contributed by atoms with Gasteiger partial charge in [-0.25, -0.2) is 13.1 Å². The van der Waals surface area contributed by atoms with E-state index in [1.54, 1.807) is 0 Å². The zero-order valence-corrected chi connectivity index (χ0v) is 9.40. The maximum Gasteiger partial charge on any atom is 0.244 e. The number of aromatic nitrogens is 1. The van der Waals surface area contributed by atoms with Gasteiger partial charge in [-0.2, -0.15) is 0 Å². The second-order valence-electron chi connectivity index (χ2n) is 3.60.